The molecule has 2 rings (SSSR count). The summed E-state index contributed by atoms with van der Waals surface area (Å²) < 4.78 is 0. The van der Waals surface area contributed by atoms with E-state index in [0.29, 0.717) is 27.1 Å². The van der Waals surface area contributed by atoms with Crippen molar-refractivity contribution in [1.29, 1.82) is 5.26 Å². The first kappa shape index (κ1) is 13.2. The Hall–Kier alpha value is -2.20. The third-order valence-electron chi connectivity index (χ3n) is 2.58. The van der Waals surface area contributed by atoms with E-state index in [9.17, 15) is 10.1 Å². The molecule has 0 bridgehead atoms. The number of nitrogens with zero attached hydrogens (tertiary/aromatic N) is 4. The normalized spacial score (nSPS) is 10.2. The molecule has 6 nitrogen and oxygen atoms in total. The van der Waals surface area contributed by atoms with E-state index in [1.807, 2.05) is 6.92 Å². The molecule has 0 radical (unpaired) electrons. The van der Waals surface area contributed by atoms with Crippen LogP contribution in [0.25, 0.3) is 0 Å². The Bertz CT molecular complexity index is 732. The van der Waals surface area contributed by atoms with Crippen LogP contribution in [0.2, 0.25) is 0 Å². The van der Waals surface area contributed by atoms with Crippen molar-refractivity contribution < 1.29 is 0 Å². The fourth-order valence-electron chi connectivity index (χ4n) is 1.48. The maximum Gasteiger partial charge on any atom is 0.251 e. The Labute approximate surface area is 113 Å². The number of hydrogen-bond acceptors (Lipinski definition) is 6. The number of H-pyrrole nitrogens is 1. The molecule has 0 unspecified atom stereocenters. The molecule has 0 aromatic carbocycles. The molecule has 7 heteroatoms. The van der Waals surface area contributed by atoms with Crippen molar-refractivity contribution in [3.05, 3.63) is 38.9 Å². The second-order valence-electron chi connectivity index (χ2n) is 4.00. The zero-order valence-corrected chi connectivity index (χ0v) is 11.5. The van der Waals surface area contributed by atoms with Crippen LogP contribution in [0.1, 0.15) is 22.5 Å². The van der Waals surface area contributed by atoms with Gasteiger partial charge in [0.2, 0.25) is 0 Å². The van der Waals surface area contributed by atoms with Crippen LogP contribution in [0.5, 0.6) is 0 Å². The van der Waals surface area contributed by atoms with Gasteiger partial charge >= 0.3 is 0 Å². The maximum atomic E-state index is 11.4. The molecule has 19 heavy (non-hydrogen) atoms. The third kappa shape index (κ3) is 2.80. The quantitative estimate of drug-likeness (QED) is 0.833. The number of hydrogen-bond donors (Lipinski definition) is 1. The average Bonchev–Trinajstić information content (AvgIpc) is 2.33. The lowest BCUT2D eigenvalue weighted by atomic mass is 10.1. The Kier molecular flexibility index (Phi) is 3.62. The van der Waals surface area contributed by atoms with Gasteiger partial charge < -0.3 is 4.98 Å². The fourth-order valence-corrected chi connectivity index (χ4v) is 2.39. The highest BCUT2D eigenvalue weighted by atomic mass is 32.2. The van der Waals surface area contributed by atoms with Crippen molar-refractivity contribution in [3.63, 3.8) is 0 Å². The number of aromatic nitrogens is 4. The lowest BCUT2D eigenvalue weighted by Crippen LogP contribution is -2.08. The lowest BCUT2D eigenvalue weighted by molar-refractivity contribution is 0.856. The molecule has 0 aliphatic rings. The zero-order chi connectivity index (χ0) is 14.0. The third-order valence-corrected chi connectivity index (χ3v) is 3.44. The number of rotatable bonds is 2. The summed E-state index contributed by atoms with van der Waals surface area (Å²) in [6, 6.07) is 3.52. The van der Waals surface area contributed by atoms with E-state index >= 15 is 0 Å². The molecule has 0 aliphatic heterocycles. The Morgan fingerprint density at radius 1 is 1.32 bits per heavy atom. The topological polar surface area (TPSA) is 95.3 Å². The van der Waals surface area contributed by atoms with E-state index in [0.717, 1.165) is 17.3 Å². The molecule has 0 fully saturated rings. The van der Waals surface area contributed by atoms with Crippen LogP contribution in [0.15, 0.2) is 21.0 Å². The van der Waals surface area contributed by atoms with E-state index in [1.54, 1.807) is 13.8 Å². The second kappa shape index (κ2) is 5.20. The summed E-state index contributed by atoms with van der Waals surface area (Å²) in [5.41, 5.74) is 2.34. The smallest absolute Gasteiger partial charge is 0.251 e. The molecule has 0 aliphatic carbocycles. The van der Waals surface area contributed by atoms with E-state index < -0.39 is 0 Å². The summed E-state index contributed by atoms with van der Waals surface area (Å²) in [5.74, 6) is 0. The second-order valence-corrected chi connectivity index (χ2v) is 4.97. The average molecular weight is 273 g/mol. The van der Waals surface area contributed by atoms with Gasteiger partial charge in [0, 0.05) is 11.8 Å². The van der Waals surface area contributed by atoms with Gasteiger partial charge in [-0.25, -0.2) is 4.98 Å². The maximum absolute atomic E-state index is 11.4. The summed E-state index contributed by atoms with van der Waals surface area (Å²) in [7, 11) is 0. The minimum absolute atomic E-state index is 0.231. The zero-order valence-electron chi connectivity index (χ0n) is 10.7. The van der Waals surface area contributed by atoms with Gasteiger partial charge in [0.05, 0.1) is 11.3 Å². The predicted molar refractivity (Wildman–Crippen MR) is 69.9 cm³/mol. The van der Waals surface area contributed by atoms with Crippen molar-refractivity contribution in [1.82, 2.24) is 20.2 Å². The number of aromatic amines is 1. The van der Waals surface area contributed by atoms with Crippen LogP contribution in [-0.4, -0.2) is 20.2 Å². The summed E-state index contributed by atoms with van der Waals surface area (Å²) in [6.07, 6.45) is 0. The lowest BCUT2D eigenvalue weighted by Gasteiger charge is -2.06. The van der Waals surface area contributed by atoms with Gasteiger partial charge in [-0.2, -0.15) is 10.4 Å². The van der Waals surface area contributed by atoms with Crippen molar-refractivity contribution >= 4 is 11.8 Å². The van der Waals surface area contributed by atoms with Crippen LogP contribution >= 0.6 is 11.8 Å². The molecule has 96 valence electrons. The minimum Gasteiger partial charge on any atom is -0.301 e. The Morgan fingerprint density at radius 3 is 2.68 bits per heavy atom. The molecule has 0 spiro atoms. The number of nitriles is 1. The molecule has 2 aromatic rings. The Balaban J connectivity index is 2.47. The van der Waals surface area contributed by atoms with Crippen LogP contribution < -0.4 is 5.56 Å². The molecule has 2 heterocycles. The molecular formula is C12H11N5OS. The van der Waals surface area contributed by atoms with E-state index in [-0.39, 0.29) is 5.56 Å². The van der Waals surface area contributed by atoms with Gasteiger partial charge in [-0.3, -0.25) is 4.79 Å². The molecular weight excluding hydrogens is 262 g/mol. The van der Waals surface area contributed by atoms with Crippen molar-refractivity contribution in [3.8, 4) is 6.07 Å². The molecule has 0 saturated carbocycles. The van der Waals surface area contributed by atoms with Crippen LogP contribution in [0, 0.1) is 32.1 Å². The first-order chi connectivity index (χ1) is 9.01. The van der Waals surface area contributed by atoms with Crippen LogP contribution in [0.3, 0.4) is 0 Å². The molecule has 0 amide bonds. The highest BCUT2D eigenvalue weighted by molar-refractivity contribution is 7.99. The SMILES string of the molecule is Cc1cc(=O)[nH]c(Sc2nnc(C)c(C)c2C#N)n1. The largest absolute Gasteiger partial charge is 0.301 e. The predicted octanol–water partition coefficient (Wildman–Crippen LogP) is 1.51. The summed E-state index contributed by atoms with van der Waals surface area (Å²) in [5, 5.41) is 18.0. The molecule has 1 N–H and O–H groups in total. The first-order valence-electron chi connectivity index (χ1n) is 5.51. The minimum atomic E-state index is -0.231. The fraction of sp³-hybridized carbons (Fsp3) is 0.250. The first-order valence-corrected chi connectivity index (χ1v) is 6.32. The van der Waals surface area contributed by atoms with Gasteiger partial charge in [0.25, 0.3) is 5.56 Å². The number of aryl methyl sites for hydroxylation is 2. The monoisotopic (exact) mass is 273 g/mol. The van der Waals surface area contributed by atoms with Gasteiger partial charge in [0.15, 0.2) is 5.16 Å². The van der Waals surface area contributed by atoms with Crippen molar-refractivity contribution in [2.45, 2.75) is 31.0 Å². The van der Waals surface area contributed by atoms with E-state index in [1.165, 1.54) is 6.07 Å². The highest BCUT2D eigenvalue weighted by Crippen LogP contribution is 2.27. The molecule has 2 aromatic heterocycles. The van der Waals surface area contributed by atoms with E-state index in [2.05, 4.69) is 26.2 Å². The molecule has 0 atom stereocenters. The summed E-state index contributed by atoms with van der Waals surface area (Å²) in [6.45, 7) is 5.35. The van der Waals surface area contributed by atoms with E-state index in [4.69, 9.17) is 0 Å². The summed E-state index contributed by atoms with van der Waals surface area (Å²) in [4.78, 5) is 18.2. The van der Waals surface area contributed by atoms with Crippen molar-refractivity contribution in [2.24, 2.45) is 0 Å². The van der Waals surface area contributed by atoms with Gasteiger partial charge in [-0.05, 0) is 38.1 Å². The van der Waals surface area contributed by atoms with Gasteiger partial charge in [0.1, 0.15) is 11.1 Å². The van der Waals surface area contributed by atoms with Crippen LogP contribution in [0.4, 0.5) is 0 Å². The van der Waals surface area contributed by atoms with Gasteiger partial charge in [-0.15, -0.1) is 5.10 Å². The number of nitrogens with one attached hydrogen (secondary N) is 1. The standard InChI is InChI=1S/C12H11N5OS/c1-6-4-10(18)15-12(14-6)19-11-9(5-13)7(2)8(3)16-17-11/h4H,1-3H3,(H,14,15,18). The Morgan fingerprint density at radius 2 is 2.05 bits per heavy atom. The van der Waals surface area contributed by atoms with Gasteiger partial charge in [-0.1, -0.05) is 0 Å². The highest BCUT2D eigenvalue weighted by Gasteiger charge is 2.13. The summed E-state index contributed by atoms with van der Waals surface area (Å²) >= 11 is 1.13. The van der Waals surface area contributed by atoms with Crippen LogP contribution in [-0.2, 0) is 0 Å². The van der Waals surface area contributed by atoms with Crippen molar-refractivity contribution in [2.75, 3.05) is 0 Å². The molecule has 0 saturated heterocycles.